The first-order valence-corrected chi connectivity index (χ1v) is 12.0. The van der Waals surface area contributed by atoms with Crippen molar-refractivity contribution in [3.63, 3.8) is 0 Å². The first-order chi connectivity index (χ1) is 10.4. The Labute approximate surface area is 147 Å². The molecule has 3 nitrogen and oxygen atoms in total. The van der Waals surface area contributed by atoms with Gasteiger partial charge in [0.15, 0.2) is 0 Å². The van der Waals surface area contributed by atoms with E-state index >= 15 is 0 Å². The molecule has 0 saturated carbocycles. The minimum absolute atomic E-state index is 0.0442. The molecule has 1 atom stereocenters. The van der Waals surface area contributed by atoms with E-state index in [1.165, 1.54) is 0 Å². The van der Waals surface area contributed by atoms with Gasteiger partial charge < -0.3 is 9.64 Å². The van der Waals surface area contributed by atoms with Crippen molar-refractivity contribution in [2.45, 2.75) is 53.6 Å². The molecule has 1 rings (SSSR count). The standard InChI is InChI=1S/C18H30ClNO2Si/c1-9-20(17(22-5)18(2,3)4)16(21)15-13(19)11-10-12-14(15)23(6,7)8/h10-12,17H,9H2,1-8H3/i10+2,11+2,12+2,13+2,14+2,15+2. The highest BCUT2D eigenvalue weighted by atomic mass is 35.5. The molecular formula is C18H30ClNO2Si. The Morgan fingerprint density at radius 1 is 1.30 bits per heavy atom. The fraction of sp³-hybridized carbons (Fsp3) is 0.611. The van der Waals surface area contributed by atoms with Crippen LogP contribution in [0.2, 0.25) is 24.7 Å². The number of benzene rings is 1. The van der Waals surface area contributed by atoms with E-state index in [2.05, 4.69) is 40.4 Å². The molecule has 0 radical (unpaired) electrons. The molecule has 0 aliphatic carbocycles. The third kappa shape index (κ3) is 4.58. The lowest BCUT2D eigenvalue weighted by Crippen LogP contribution is -2.51. The Morgan fingerprint density at radius 3 is 2.26 bits per heavy atom. The Hall–Kier alpha value is -0.843. The normalized spacial score (nSPS) is 13.8. The summed E-state index contributed by atoms with van der Waals surface area (Å²) in [4.78, 5) is 15.1. The highest BCUT2D eigenvalue weighted by molar-refractivity contribution is 6.89. The second-order valence-corrected chi connectivity index (χ2v) is 13.4. The highest BCUT2D eigenvalue weighted by Gasteiger charge is 2.35. The Morgan fingerprint density at radius 2 is 1.87 bits per heavy atom. The van der Waals surface area contributed by atoms with E-state index in [1.54, 1.807) is 18.1 Å². The van der Waals surface area contributed by atoms with Crippen LogP contribution in [0.3, 0.4) is 0 Å². The number of amides is 1. The summed E-state index contributed by atoms with van der Waals surface area (Å²) in [5.41, 5.74) is 0.461. The summed E-state index contributed by atoms with van der Waals surface area (Å²) in [6.07, 6.45) is -0.300. The number of halogens is 1. The fourth-order valence-electron chi connectivity index (χ4n) is 2.87. The molecule has 1 aromatic rings. The lowest BCUT2D eigenvalue weighted by molar-refractivity contribution is -0.0792. The molecule has 0 bridgehead atoms. The summed E-state index contributed by atoms with van der Waals surface area (Å²) in [6.45, 7) is 15.4. The van der Waals surface area contributed by atoms with Crippen molar-refractivity contribution in [1.82, 2.24) is 4.90 Å². The smallest absolute Gasteiger partial charge is 0.257 e. The van der Waals surface area contributed by atoms with Gasteiger partial charge >= 0.3 is 0 Å². The minimum Gasteiger partial charge on any atom is -0.361 e. The Bertz CT molecular complexity index is 561. The largest absolute Gasteiger partial charge is 0.361 e. The zero-order valence-corrected chi connectivity index (χ0v) is 17.4. The molecule has 1 aromatic carbocycles. The molecule has 23 heavy (non-hydrogen) atoms. The van der Waals surface area contributed by atoms with E-state index in [0.717, 1.165) is 5.19 Å². The zero-order chi connectivity index (χ0) is 18.0. The lowest BCUT2D eigenvalue weighted by Gasteiger charge is -2.39. The number of nitrogens with zero attached hydrogens (tertiary/aromatic N) is 1. The molecule has 1 amide bonds. The second-order valence-electron chi connectivity index (χ2n) is 7.96. The quantitative estimate of drug-likeness (QED) is 0.571. The first-order valence-electron chi connectivity index (χ1n) is 8.07. The fourth-order valence-corrected chi connectivity index (χ4v) is 4.80. The van der Waals surface area contributed by atoms with Crippen LogP contribution in [-0.2, 0) is 4.74 Å². The molecular weight excluding hydrogens is 338 g/mol. The van der Waals surface area contributed by atoms with Crippen molar-refractivity contribution in [3.8, 4) is 0 Å². The van der Waals surface area contributed by atoms with Crippen molar-refractivity contribution in [2.75, 3.05) is 13.7 Å². The van der Waals surface area contributed by atoms with Crippen LogP contribution < -0.4 is 5.19 Å². The van der Waals surface area contributed by atoms with E-state index in [4.69, 9.17) is 16.3 Å². The molecule has 0 aromatic heterocycles. The average molecular weight is 368 g/mol. The van der Waals surface area contributed by atoms with Gasteiger partial charge in [0.25, 0.3) is 5.91 Å². The molecule has 0 aliphatic heterocycles. The van der Waals surface area contributed by atoms with Crippen molar-refractivity contribution in [1.29, 1.82) is 0 Å². The summed E-state index contributed by atoms with van der Waals surface area (Å²) >= 11 is 6.43. The summed E-state index contributed by atoms with van der Waals surface area (Å²) in [7, 11) is -0.0436. The number of methoxy groups -OCH3 is 1. The van der Waals surface area contributed by atoms with Crippen LogP contribution >= 0.6 is 11.6 Å². The molecule has 0 N–H and O–H groups in total. The predicted molar refractivity (Wildman–Crippen MR) is 101 cm³/mol. The molecule has 0 aliphatic rings. The van der Waals surface area contributed by atoms with E-state index < -0.39 is 8.07 Å². The third-order valence-electron chi connectivity index (χ3n) is 3.88. The van der Waals surface area contributed by atoms with Gasteiger partial charge in [0.05, 0.1) is 18.7 Å². The van der Waals surface area contributed by atoms with Crippen LogP contribution in [-0.4, -0.2) is 38.8 Å². The maximum atomic E-state index is 13.3. The Kier molecular flexibility index (Phi) is 6.47. The lowest BCUT2D eigenvalue weighted by atomic mass is 9.93. The maximum absolute atomic E-state index is 13.3. The van der Waals surface area contributed by atoms with Gasteiger partial charge in [-0.3, -0.25) is 4.79 Å². The van der Waals surface area contributed by atoms with Crippen LogP contribution in [0.15, 0.2) is 18.2 Å². The van der Waals surface area contributed by atoms with Crippen molar-refractivity contribution in [2.24, 2.45) is 5.41 Å². The summed E-state index contributed by atoms with van der Waals surface area (Å²) < 4.78 is 5.65. The predicted octanol–water partition coefficient (Wildman–Crippen LogP) is 4.37. The summed E-state index contributed by atoms with van der Waals surface area (Å²) in [6, 6.07) is 5.77. The van der Waals surface area contributed by atoms with E-state index in [1.807, 2.05) is 19.1 Å². The zero-order valence-electron chi connectivity index (χ0n) is 15.7. The molecule has 0 fully saturated rings. The molecule has 5 heteroatoms. The van der Waals surface area contributed by atoms with Crippen molar-refractivity contribution < 1.29 is 9.53 Å². The molecule has 0 heterocycles. The van der Waals surface area contributed by atoms with Crippen molar-refractivity contribution >= 4 is 30.8 Å². The van der Waals surface area contributed by atoms with Gasteiger partial charge in [-0.05, 0) is 18.2 Å². The maximum Gasteiger partial charge on any atom is 0.257 e. The number of ether oxygens (including phenoxy) is 1. The SMILES string of the molecule is CCN(C(=O)[14c]1[14c](Cl)[14cH][14cH][14cH][14c]1[Si](C)(C)C)C(OC)C(C)(C)C. The van der Waals surface area contributed by atoms with Gasteiger partial charge in [-0.2, -0.15) is 0 Å². The number of hydrogen-bond donors (Lipinski definition) is 0. The van der Waals surface area contributed by atoms with Gasteiger partial charge in [-0.1, -0.05) is 64.1 Å². The Balaban J connectivity index is 3.43. The van der Waals surface area contributed by atoms with Crippen LogP contribution in [0.25, 0.3) is 0 Å². The third-order valence-corrected chi connectivity index (χ3v) is 6.23. The molecule has 1 unspecified atom stereocenters. The van der Waals surface area contributed by atoms with Crippen LogP contribution in [0.1, 0.15) is 38.1 Å². The van der Waals surface area contributed by atoms with Gasteiger partial charge in [-0.15, -0.1) is 0 Å². The molecule has 0 saturated heterocycles. The van der Waals surface area contributed by atoms with Gasteiger partial charge in [0.1, 0.15) is 6.23 Å². The minimum atomic E-state index is -1.69. The average Bonchev–Trinajstić information content (AvgIpc) is 2.41. The highest BCUT2D eigenvalue weighted by Crippen LogP contribution is 2.28. The van der Waals surface area contributed by atoms with Crippen molar-refractivity contribution in [3.05, 3.63) is 28.8 Å². The topological polar surface area (TPSA) is 29.5 Å². The number of hydrogen-bond acceptors (Lipinski definition) is 2. The summed E-state index contributed by atoms with van der Waals surface area (Å²) in [5.74, 6) is -0.0442. The van der Waals surface area contributed by atoms with E-state index in [-0.39, 0.29) is 17.6 Å². The van der Waals surface area contributed by atoms with Gasteiger partial charge in [0.2, 0.25) is 0 Å². The first kappa shape index (κ1) is 20.2. The van der Waals surface area contributed by atoms with Gasteiger partial charge in [0, 0.05) is 19.1 Å². The number of carbonyl (C=O) groups is 1. The van der Waals surface area contributed by atoms with Crippen LogP contribution in [0, 0.1) is 5.41 Å². The molecule has 0 spiro atoms. The number of carbonyl (C=O) groups excluding carboxylic acids is 1. The van der Waals surface area contributed by atoms with E-state index in [9.17, 15) is 4.79 Å². The second kappa shape index (κ2) is 7.37. The molecule has 130 valence electrons. The van der Waals surface area contributed by atoms with E-state index in [0.29, 0.717) is 17.1 Å². The number of rotatable bonds is 5. The monoisotopic (exact) mass is 367 g/mol. The van der Waals surface area contributed by atoms with Crippen LogP contribution in [0.4, 0.5) is 0 Å². The van der Waals surface area contributed by atoms with Crippen LogP contribution in [0.5, 0.6) is 0 Å². The summed E-state index contributed by atoms with van der Waals surface area (Å²) in [5, 5.41) is 1.62. The van der Waals surface area contributed by atoms with Gasteiger partial charge in [-0.25, -0.2) is 0 Å².